The number of methoxy groups -OCH3 is 1. The molecule has 0 atom stereocenters. The molecule has 7 heteroatoms. The fraction of sp³-hybridized carbons (Fsp3) is 0.148. The van der Waals surface area contributed by atoms with Gasteiger partial charge in [-0.05, 0) is 49.8 Å². The summed E-state index contributed by atoms with van der Waals surface area (Å²) in [4.78, 5) is 36.6. The molecule has 1 aliphatic heterocycles. The lowest BCUT2D eigenvalue weighted by Gasteiger charge is -2.29. The lowest BCUT2D eigenvalue weighted by Crippen LogP contribution is -2.28. The second-order valence-corrected chi connectivity index (χ2v) is 7.75. The van der Waals surface area contributed by atoms with E-state index in [0.29, 0.717) is 22.6 Å². The zero-order chi connectivity index (χ0) is 24.9. The first-order valence-electron chi connectivity index (χ1n) is 10.3. The minimum absolute atomic E-state index is 0.0207. The SMILES string of the molecule is C=CC(=O)Oc1ccc(C=CC(=O)c2c(OC)cc3c(c2OC(=O)C=C)C=CC(C)(C)O3)cc1. The van der Waals surface area contributed by atoms with Gasteiger partial charge in [0.1, 0.15) is 28.4 Å². The number of allylic oxidation sites excluding steroid dienone is 1. The van der Waals surface area contributed by atoms with Crippen molar-refractivity contribution < 1.29 is 33.3 Å². The monoisotopic (exact) mass is 460 g/mol. The molecule has 3 rings (SSSR count). The van der Waals surface area contributed by atoms with E-state index < -0.39 is 23.3 Å². The average Bonchev–Trinajstić information content (AvgIpc) is 2.81. The van der Waals surface area contributed by atoms with Gasteiger partial charge < -0.3 is 18.9 Å². The van der Waals surface area contributed by atoms with Crippen LogP contribution >= 0.6 is 0 Å². The van der Waals surface area contributed by atoms with E-state index in [9.17, 15) is 14.4 Å². The fourth-order valence-electron chi connectivity index (χ4n) is 3.17. The van der Waals surface area contributed by atoms with E-state index in [4.69, 9.17) is 18.9 Å². The summed E-state index contributed by atoms with van der Waals surface area (Å²) in [5.74, 6) is -0.769. The topological polar surface area (TPSA) is 88.1 Å². The third-order valence-electron chi connectivity index (χ3n) is 4.80. The molecule has 2 aromatic carbocycles. The van der Waals surface area contributed by atoms with Gasteiger partial charge >= 0.3 is 11.9 Å². The molecule has 0 N–H and O–H groups in total. The van der Waals surface area contributed by atoms with Gasteiger partial charge in [0.15, 0.2) is 11.5 Å². The number of hydrogen-bond donors (Lipinski definition) is 0. The third-order valence-corrected chi connectivity index (χ3v) is 4.80. The first kappa shape index (κ1) is 24.3. The van der Waals surface area contributed by atoms with Gasteiger partial charge in [0, 0.05) is 18.2 Å². The molecule has 2 aromatic rings. The zero-order valence-corrected chi connectivity index (χ0v) is 19.1. The Morgan fingerprint density at radius 2 is 1.65 bits per heavy atom. The Labute approximate surface area is 197 Å². The smallest absolute Gasteiger partial charge is 0.335 e. The summed E-state index contributed by atoms with van der Waals surface area (Å²) < 4.78 is 21.9. The van der Waals surface area contributed by atoms with Gasteiger partial charge in [-0.15, -0.1) is 0 Å². The molecule has 0 bridgehead atoms. The van der Waals surface area contributed by atoms with Crippen molar-refractivity contribution in [3.05, 3.63) is 84.5 Å². The van der Waals surface area contributed by atoms with Crippen LogP contribution in [-0.2, 0) is 9.59 Å². The standard InChI is InChI=1S/C27H24O7/c1-6-23(29)32-18-11-8-17(9-12-18)10-13-20(28)25-22(31-5)16-21-19(14-15-27(3,4)34-21)26(25)33-24(30)7-2/h6-16H,1-2H2,3-5H3. The quantitative estimate of drug-likeness (QED) is 0.238. The number of carbonyl (C=O) groups excluding carboxylic acids is 3. The summed E-state index contributed by atoms with van der Waals surface area (Å²) in [6.07, 6.45) is 8.53. The molecule has 0 aliphatic carbocycles. The fourth-order valence-corrected chi connectivity index (χ4v) is 3.17. The van der Waals surface area contributed by atoms with Gasteiger partial charge in [-0.2, -0.15) is 0 Å². The van der Waals surface area contributed by atoms with Gasteiger partial charge in [0.2, 0.25) is 0 Å². The molecule has 0 saturated carbocycles. The molecule has 0 spiro atoms. The predicted molar refractivity (Wildman–Crippen MR) is 128 cm³/mol. The Morgan fingerprint density at radius 1 is 1.00 bits per heavy atom. The van der Waals surface area contributed by atoms with Crippen LogP contribution in [-0.4, -0.2) is 30.4 Å². The summed E-state index contributed by atoms with van der Waals surface area (Å²) >= 11 is 0. The summed E-state index contributed by atoms with van der Waals surface area (Å²) in [5, 5.41) is 0. The van der Waals surface area contributed by atoms with Crippen LogP contribution in [0.5, 0.6) is 23.0 Å². The first-order chi connectivity index (χ1) is 16.2. The van der Waals surface area contributed by atoms with E-state index in [2.05, 4.69) is 13.2 Å². The molecule has 0 aromatic heterocycles. The molecule has 1 heterocycles. The van der Waals surface area contributed by atoms with Crippen molar-refractivity contribution in [3.63, 3.8) is 0 Å². The van der Waals surface area contributed by atoms with Crippen LogP contribution in [0.4, 0.5) is 0 Å². The van der Waals surface area contributed by atoms with Crippen LogP contribution < -0.4 is 18.9 Å². The van der Waals surface area contributed by atoms with Crippen LogP contribution in [0.15, 0.2) is 67.8 Å². The largest absolute Gasteiger partial charge is 0.496 e. The van der Waals surface area contributed by atoms with E-state index >= 15 is 0 Å². The molecular formula is C27H24O7. The third kappa shape index (κ3) is 5.50. The van der Waals surface area contributed by atoms with Crippen molar-refractivity contribution in [2.45, 2.75) is 19.4 Å². The van der Waals surface area contributed by atoms with Gasteiger partial charge in [-0.25, -0.2) is 9.59 Å². The molecule has 0 amide bonds. The number of carbonyl (C=O) groups is 3. The highest BCUT2D eigenvalue weighted by atomic mass is 16.5. The lowest BCUT2D eigenvalue weighted by molar-refractivity contribution is -0.129. The zero-order valence-electron chi connectivity index (χ0n) is 19.1. The molecule has 0 unspecified atom stereocenters. The van der Waals surface area contributed by atoms with E-state index in [-0.39, 0.29) is 17.1 Å². The van der Waals surface area contributed by atoms with Gasteiger partial charge in [-0.3, -0.25) is 4.79 Å². The molecular weight excluding hydrogens is 436 g/mol. The highest BCUT2D eigenvalue weighted by molar-refractivity contribution is 6.12. The van der Waals surface area contributed by atoms with E-state index in [1.165, 1.54) is 13.2 Å². The van der Waals surface area contributed by atoms with E-state index in [1.807, 2.05) is 13.8 Å². The van der Waals surface area contributed by atoms with Crippen molar-refractivity contribution in [1.82, 2.24) is 0 Å². The second-order valence-electron chi connectivity index (χ2n) is 7.75. The summed E-state index contributed by atoms with van der Waals surface area (Å²) in [7, 11) is 1.41. The maximum atomic E-state index is 13.2. The first-order valence-corrected chi connectivity index (χ1v) is 10.3. The highest BCUT2D eigenvalue weighted by Gasteiger charge is 2.30. The maximum absolute atomic E-state index is 13.2. The number of hydrogen-bond acceptors (Lipinski definition) is 7. The van der Waals surface area contributed by atoms with Crippen LogP contribution in [0.2, 0.25) is 0 Å². The Balaban J connectivity index is 1.99. The van der Waals surface area contributed by atoms with Crippen LogP contribution in [0, 0.1) is 0 Å². The Morgan fingerprint density at radius 3 is 2.26 bits per heavy atom. The van der Waals surface area contributed by atoms with Crippen LogP contribution in [0.3, 0.4) is 0 Å². The van der Waals surface area contributed by atoms with Crippen LogP contribution in [0.25, 0.3) is 12.2 Å². The summed E-state index contributed by atoms with van der Waals surface area (Å²) in [6.45, 7) is 10.5. The van der Waals surface area contributed by atoms with Crippen molar-refractivity contribution in [3.8, 4) is 23.0 Å². The van der Waals surface area contributed by atoms with Gasteiger partial charge in [0.05, 0.1) is 12.7 Å². The number of ketones is 1. The predicted octanol–water partition coefficient (Wildman–Crippen LogP) is 4.96. The molecule has 0 fully saturated rings. The number of ether oxygens (including phenoxy) is 4. The number of rotatable bonds is 8. The number of esters is 2. The number of fused-ring (bicyclic) bond motifs is 1. The van der Waals surface area contributed by atoms with Gasteiger partial charge in [0.25, 0.3) is 0 Å². The highest BCUT2D eigenvalue weighted by Crippen LogP contribution is 2.44. The second kappa shape index (κ2) is 10.0. The maximum Gasteiger partial charge on any atom is 0.335 e. The Kier molecular flexibility index (Phi) is 7.16. The van der Waals surface area contributed by atoms with Crippen molar-refractivity contribution in [2.24, 2.45) is 0 Å². The molecule has 34 heavy (non-hydrogen) atoms. The lowest BCUT2D eigenvalue weighted by atomic mass is 9.97. The molecule has 0 saturated heterocycles. The normalized spacial score (nSPS) is 13.4. The van der Waals surface area contributed by atoms with E-state index in [0.717, 1.165) is 12.2 Å². The summed E-state index contributed by atoms with van der Waals surface area (Å²) in [5.41, 5.74) is 0.603. The van der Waals surface area contributed by atoms with E-state index in [1.54, 1.807) is 48.6 Å². The van der Waals surface area contributed by atoms with Gasteiger partial charge in [-0.1, -0.05) is 31.4 Å². The van der Waals surface area contributed by atoms with Crippen molar-refractivity contribution in [1.29, 1.82) is 0 Å². The van der Waals surface area contributed by atoms with Crippen LogP contribution in [0.1, 0.15) is 35.3 Å². The average molecular weight is 460 g/mol. The molecule has 7 nitrogen and oxygen atoms in total. The summed E-state index contributed by atoms with van der Waals surface area (Å²) in [6, 6.07) is 8.13. The minimum Gasteiger partial charge on any atom is -0.496 e. The molecule has 174 valence electrons. The number of benzene rings is 2. The van der Waals surface area contributed by atoms with Crippen molar-refractivity contribution in [2.75, 3.05) is 7.11 Å². The molecule has 0 radical (unpaired) electrons. The Hall–Kier alpha value is -4.39. The molecule has 1 aliphatic rings. The minimum atomic E-state index is -0.726. The van der Waals surface area contributed by atoms with Crippen molar-refractivity contribution >= 4 is 29.9 Å². The Bertz CT molecular complexity index is 1210.